The van der Waals surface area contributed by atoms with Crippen LogP contribution in [0.4, 0.5) is 0 Å². The topological polar surface area (TPSA) is 30.5 Å². The lowest BCUT2D eigenvalue weighted by Crippen LogP contribution is -2.16. The van der Waals surface area contributed by atoms with E-state index in [1.165, 1.54) is 0 Å². The first-order valence-electron chi connectivity index (χ1n) is 5.82. The quantitative estimate of drug-likeness (QED) is 0.580. The first-order chi connectivity index (χ1) is 8.77. The number of methoxy groups -OCH3 is 1. The average Bonchev–Trinajstić information content (AvgIpc) is 2.37. The fourth-order valence-corrected chi connectivity index (χ4v) is 1.71. The van der Waals surface area contributed by atoms with Crippen LogP contribution in [0.1, 0.15) is 12.0 Å². The molecule has 0 aromatic heterocycles. The molecule has 0 saturated carbocycles. The molecule has 1 rings (SSSR count). The first kappa shape index (κ1) is 14.8. The second-order valence-corrected chi connectivity index (χ2v) is 4.20. The SMILES string of the molecule is C#CCOc1ccc(Cl)cc1CNCCCOC. The molecule has 0 radical (unpaired) electrons. The lowest BCUT2D eigenvalue weighted by Gasteiger charge is -2.11. The lowest BCUT2D eigenvalue weighted by atomic mass is 10.2. The van der Waals surface area contributed by atoms with Gasteiger partial charge in [-0.2, -0.15) is 0 Å². The summed E-state index contributed by atoms with van der Waals surface area (Å²) in [6, 6.07) is 5.52. The van der Waals surface area contributed by atoms with Crippen LogP contribution in [-0.2, 0) is 11.3 Å². The van der Waals surface area contributed by atoms with Crippen LogP contribution in [0, 0.1) is 12.3 Å². The molecule has 4 heteroatoms. The van der Waals surface area contributed by atoms with Crippen molar-refractivity contribution >= 4 is 11.6 Å². The largest absolute Gasteiger partial charge is 0.481 e. The van der Waals surface area contributed by atoms with Gasteiger partial charge in [0.2, 0.25) is 0 Å². The zero-order valence-electron chi connectivity index (χ0n) is 10.5. The van der Waals surface area contributed by atoms with Crippen LogP contribution in [0.5, 0.6) is 5.75 Å². The Bertz CT molecular complexity index is 401. The molecule has 1 aromatic rings. The second-order valence-electron chi connectivity index (χ2n) is 3.77. The minimum absolute atomic E-state index is 0.262. The molecule has 0 aliphatic rings. The highest BCUT2D eigenvalue weighted by molar-refractivity contribution is 6.30. The molecule has 1 N–H and O–H groups in total. The molecule has 18 heavy (non-hydrogen) atoms. The van der Waals surface area contributed by atoms with E-state index >= 15 is 0 Å². The Balaban J connectivity index is 2.51. The Morgan fingerprint density at radius 3 is 3.00 bits per heavy atom. The molecular formula is C14H18ClNO2. The van der Waals surface area contributed by atoms with Crippen LogP contribution < -0.4 is 10.1 Å². The van der Waals surface area contributed by atoms with Crippen LogP contribution in [0.15, 0.2) is 18.2 Å². The number of hydrogen-bond acceptors (Lipinski definition) is 3. The van der Waals surface area contributed by atoms with E-state index in [1.54, 1.807) is 13.2 Å². The second kappa shape index (κ2) is 8.82. The molecule has 0 amide bonds. The highest BCUT2D eigenvalue weighted by Crippen LogP contribution is 2.22. The van der Waals surface area contributed by atoms with Gasteiger partial charge >= 0.3 is 0 Å². The molecule has 0 aliphatic carbocycles. The van der Waals surface area contributed by atoms with Gasteiger partial charge < -0.3 is 14.8 Å². The summed E-state index contributed by atoms with van der Waals surface area (Å²) in [6.07, 6.45) is 6.15. The number of ether oxygens (including phenoxy) is 2. The standard InChI is InChI=1S/C14H18ClNO2/c1-3-8-18-14-6-5-13(15)10-12(14)11-16-7-4-9-17-2/h1,5-6,10,16H,4,7-9,11H2,2H3. The molecule has 0 heterocycles. The zero-order valence-corrected chi connectivity index (χ0v) is 11.3. The van der Waals surface area contributed by atoms with Gasteiger partial charge in [0.15, 0.2) is 0 Å². The molecule has 0 fully saturated rings. The number of hydrogen-bond donors (Lipinski definition) is 1. The van der Waals surface area contributed by atoms with Gasteiger partial charge in [-0.15, -0.1) is 6.42 Å². The third kappa shape index (κ3) is 5.42. The van der Waals surface area contributed by atoms with Crippen molar-refractivity contribution in [1.29, 1.82) is 0 Å². The van der Waals surface area contributed by atoms with Gasteiger partial charge in [0.05, 0.1) is 0 Å². The van der Waals surface area contributed by atoms with Gasteiger partial charge in [-0.05, 0) is 31.2 Å². The van der Waals surface area contributed by atoms with Gasteiger partial charge in [-0.3, -0.25) is 0 Å². The third-order valence-electron chi connectivity index (χ3n) is 2.35. The Labute approximate surface area is 113 Å². The minimum Gasteiger partial charge on any atom is -0.481 e. The average molecular weight is 268 g/mol. The van der Waals surface area contributed by atoms with Crippen molar-refractivity contribution in [1.82, 2.24) is 5.32 Å². The minimum atomic E-state index is 0.262. The van der Waals surface area contributed by atoms with Crippen LogP contribution in [0.2, 0.25) is 5.02 Å². The molecular weight excluding hydrogens is 250 g/mol. The van der Waals surface area contributed by atoms with Gasteiger partial charge in [-0.1, -0.05) is 17.5 Å². The Hall–Kier alpha value is -1.21. The monoisotopic (exact) mass is 267 g/mol. The van der Waals surface area contributed by atoms with Crippen molar-refractivity contribution in [3.8, 4) is 18.1 Å². The van der Waals surface area contributed by atoms with E-state index in [1.807, 2.05) is 12.1 Å². The maximum atomic E-state index is 5.97. The molecule has 3 nitrogen and oxygen atoms in total. The fourth-order valence-electron chi connectivity index (χ4n) is 1.51. The van der Waals surface area contributed by atoms with E-state index in [-0.39, 0.29) is 6.61 Å². The summed E-state index contributed by atoms with van der Waals surface area (Å²) in [5.74, 6) is 3.22. The van der Waals surface area contributed by atoms with Crippen LogP contribution in [-0.4, -0.2) is 26.9 Å². The molecule has 0 atom stereocenters. The molecule has 0 aliphatic heterocycles. The van der Waals surface area contributed by atoms with Crippen molar-refractivity contribution in [2.75, 3.05) is 26.9 Å². The molecule has 1 aromatic carbocycles. The zero-order chi connectivity index (χ0) is 13.2. The summed E-state index contributed by atoms with van der Waals surface area (Å²) in [6.45, 7) is 2.60. The van der Waals surface area contributed by atoms with Crippen molar-refractivity contribution in [3.63, 3.8) is 0 Å². The number of benzene rings is 1. The number of halogens is 1. The van der Waals surface area contributed by atoms with Crippen molar-refractivity contribution in [2.24, 2.45) is 0 Å². The summed E-state index contributed by atoms with van der Waals surface area (Å²) in [7, 11) is 1.70. The molecule has 98 valence electrons. The van der Waals surface area contributed by atoms with Crippen LogP contribution >= 0.6 is 11.6 Å². The van der Waals surface area contributed by atoms with E-state index in [2.05, 4.69) is 11.2 Å². The van der Waals surface area contributed by atoms with E-state index in [4.69, 9.17) is 27.5 Å². The Morgan fingerprint density at radius 1 is 1.44 bits per heavy atom. The van der Waals surface area contributed by atoms with E-state index in [0.717, 1.165) is 30.9 Å². The summed E-state index contributed by atoms with van der Waals surface area (Å²) in [4.78, 5) is 0. The van der Waals surface area contributed by atoms with Gasteiger partial charge in [-0.25, -0.2) is 0 Å². The maximum absolute atomic E-state index is 5.97. The van der Waals surface area contributed by atoms with Crippen molar-refractivity contribution in [3.05, 3.63) is 28.8 Å². The smallest absolute Gasteiger partial charge is 0.148 e. The number of nitrogens with one attached hydrogen (secondary N) is 1. The highest BCUT2D eigenvalue weighted by Gasteiger charge is 2.04. The molecule has 0 unspecified atom stereocenters. The molecule has 0 bridgehead atoms. The molecule has 0 saturated heterocycles. The predicted molar refractivity (Wildman–Crippen MR) is 74.0 cm³/mol. The van der Waals surface area contributed by atoms with Gasteiger partial charge in [0.25, 0.3) is 0 Å². The Kier molecular flexibility index (Phi) is 7.28. The normalized spacial score (nSPS) is 10.1. The summed E-state index contributed by atoms with van der Waals surface area (Å²) >= 11 is 5.97. The number of rotatable bonds is 8. The van der Waals surface area contributed by atoms with E-state index in [9.17, 15) is 0 Å². The van der Waals surface area contributed by atoms with Gasteiger partial charge in [0.1, 0.15) is 12.4 Å². The number of terminal acetylenes is 1. The maximum Gasteiger partial charge on any atom is 0.148 e. The fraction of sp³-hybridized carbons (Fsp3) is 0.429. The highest BCUT2D eigenvalue weighted by atomic mass is 35.5. The predicted octanol–water partition coefficient (Wildman–Crippen LogP) is 2.48. The van der Waals surface area contributed by atoms with Crippen molar-refractivity contribution < 1.29 is 9.47 Å². The summed E-state index contributed by atoms with van der Waals surface area (Å²) < 4.78 is 10.4. The van der Waals surface area contributed by atoms with Gasteiger partial charge in [0, 0.05) is 30.8 Å². The van der Waals surface area contributed by atoms with Crippen molar-refractivity contribution in [2.45, 2.75) is 13.0 Å². The third-order valence-corrected chi connectivity index (χ3v) is 2.59. The lowest BCUT2D eigenvalue weighted by molar-refractivity contribution is 0.194. The van der Waals surface area contributed by atoms with E-state index < -0.39 is 0 Å². The van der Waals surface area contributed by atoms with E-state index in [0.29, 0.717) is 11.6 Å². The van der Waals surface area contributed by atoms with Crippen LogP contribution in [0.3, 0.4) is 0 Å². The summed E-state index contributed by atoms with van der Waals surface area (Å²) in [5, 5.41) is 4.00. The Morgan fingerprint density at radius 2 is 2.28 bits per heavy atom. The first-order valence-corrected chi connectivity index (χ1v) is 6.20. The van der Waals surface area contributed by atoms with Crippen LogP contribution in [0.25, 0.3) is 0 Å². The molecule has 0 spiro atoms. The summed E-state index contributed by atoms with van der Waals surface area (Å²) in [5.41, 5.74) is 1.01.